The summed E-state index contributed by atoms with van der Waals surface area (Å²) in [6.45, 7) is 0.641. The maximum atomic E-state index is 10.8. The van der Waals surface area contributed by atoms with Gasteiger partial charge >= 0.3 is 6.09 Å². The molecule has 2 heterocycles. The molecule has 6 heteroatoms. The van der Waals surface area contributed by atoms with E-state index in [2.05, 4.69) is 4.98 Å². The minimum Gasteiger partial charge on any atom is -0.495 e. The molecule has 0 bridgehead atoms. The smallest absolute Gasteiger partial charge is 0.407 e. The summed E-state index contributed by atoms with van der Waals surface area (Å²) in [5.41, 5.74) is 2.24. The monoisotopic (exact) mass is 264 g/mol. The van der Waals surface area contributed by atoms with Gasteiger partial charge in [0.1, 0.15) is 11.4 Å². The Kier molecular flexibility index (Phi) is 4.01. The predicted octanol–water partition coefficient (Wildman–Crippen LogP) is 1.35. The van der Waals surface area contributed by atoms with Crippen LogP contribution in [0.5, 0.6) is 5.75 Å². The molecule has 0 unspecified atom stereocenters. The van der Waals surface area contributed by atoms with Gasteiger partial charge < -0.3 is 19.8 Å². The maximum Gasteiger partial charge on any atom is 0.407 e. The van der Waals surface area contributed by atoms with Crippen molar-refractivity contribution < 1.29 is 19.7 Å². The van der Waals surface area contributed by atoms with Crippen molar-refractivity contribution in [2.75, 3.05) is 20.2 Å². The van der Waals surface area contributed by atoms with E-state index in [1.165, 1.54) is 12.0 Å². The number of aromatic nitrogens is 1. The number of hydrogen-bond donors (Lipinski definition) is 2. The van der Waals surface area contributed by atoms with E-state index in [1.807, 2.05) is 12.1 Å². The Morgan fingerprint density at radius 1 is 1.53 bits per heavy atom. The fourth-order valence-electron chi connectivity index (χ4n) is 2.04. The van der Waals surface area contributed by atoms with Crippen LogP contribution in [0.15, 0.2) is 18.2 Å². The van der Waals surface area contributed by atoms with Crippen molar-refractivity contribution >= 4 is 11.7 Å². The topological polar surface area (TPSA) is 82.9 Å². The van der Waals surface area contributed by atoms with Crippen molar-refractivity contribution in [2.24, 2.45) is 0 Å². The molecule has 1 amide bonds. The second-order valence-electron chi connectivity index (χ2n) is 4.21. The number of carbonyl (C=O) groups is 1. The Bertz CT molecular complexity index is 513. The van der Waals surface area contributed by atoms with Gasteiger partial charge in [-0.15, -0.1) is 0 Å². The fraction of sp³-hybridized carbons (Fsp3) is 0.385. The molecule has 1 aromatic heterocycles. The Labute approximate surface area is 110 Å². The number of hydrogen-bond acceptors (Lipinski definition) is 4. The minimum atomic E-state index is -0.908. The van der Waals surface area contributed by atoms with E-state index < -0.39 is 6.09 Å². The van der Waals surface area contributed by atoms with E-state index in [9.17, 15) is 9.90 Å². The molecule has 2 N–H and O–H groups in total. The zero-order valence-corrected chi connectivity index (χ0v) is 10.7. The van der Waals surface area contributed by atoms with E-state index in [1.54, 1.807) is 6.07 Å². The molecule has 1 aliphatic heterocycles. The normalized spacial score (nSPS) is 15.1. The molecule has 1 aliphatic rings. The van der Waals surface area contributed by atoms with Crippen molar-refractivity contribution in [3.63, 3.8) is 0 Å². The summed E-state index contributed by atoms with van der Waals surface area (Å²) < 4.78 is 5.10. The number of nitrogens with zero attached hydrogens (tertiary/aromatic N) is 2. The van der Waals surface area contributed by atoms with Crippen LogP contribution in [-0.2, 0) is 6.61 Å². The number of rotatable bonds is 3. The average Bonchev–Trinajstić information content (AvgIpc) is 2.46. The molecule has 0 saturated heterocycles. The fourth-order valence-corrected chi connectivity index (χ4v) is 2.04. The summed E-state index contributed by atoms with van der Waals surface area (Å²) in [6.07, 6.45) is 1.57. The first kappa shape index (κ1) is 13.4. The second-order valence-corrected chi connectivity index (χ2v) is 4.21. The number of aliphatic hydroxyl groups excluding tert-OH is 1. The molecule has 0 saturated carbocycles. The van der Waals surface area contributed by atoms with Crippen molar-refractivity contribution in [2.45, 2.75) is 13.0 Å². The predicted molar refractivity (Wildman–Crippen MR) is 68.9 cm³/mol. The van der Waals surface area contributed by atoms with Gasteiger partial charge in [-0.1, -0.05) is 6.08 Å². The van der Waals surface area contributed by atoms with Crippen molar-refractivity contribution in [3.05, 3.63) is 29.6 Å². The number of carboxylic acid groups (broad SMARTS) is 1. The standard InChI is InChI=1S/C13H16N2O4/c1-19-12-3-2-10(14-11(12)8-16)9-4-6-15(7-5-9)13(17)18/h2-4,16H,5-8H2,1H3,(H,17,18). The van der Waals surface area contributed by atoms with Crippen LogP contribution in [0.4, 0.5) is 4.79 Å². The minimum absolute atomic E-state index is 0.189. The summed E-state index contributed by atoms with van der Waals surface area (Å²) in [7, 11) is 1.53. The molecule has 0 aromatic carbocycles. The van der Waals surface area contributed by atoms with Gasteiger partial charge in [-0.3, -0.25) is 0 Å². The highest BCUT2D eigenvalue weighted by Crippen LogP contribution is 2.24. The molecule has 0 aliphatic carbocycles. The Hall–Kier alpha value is -2.08. The molecule has 0 fully saturated rings. The maximum absolute atomic E-state index is 10.8. The van der Waals surface area contributed by atoms with Crippen LogP contribution in [0.2, 0.25) is 0 Å². The van der Waals surface area contributed by atoms with Gasteiger partial charge in [-0.25, -0.2) is 9.78 Å². The van der Waals surface area contributed by atoms with E-state index in [0.717, 1.165) is 11.3 Å². The van der Waals surface area contributed by atoms with Gasteiger partial charge in [0.15, 0.2) is 0 Å². The quantitative estimate of drug-likeness (QED) is 0.861. The lowest BCUT2D eigenvalue weighted by molar-refractivity contribution is 0.150. The van der Waals surface area contributed by atoms with Gasteiger partial charge in [0.25, 0.3) is 0 Å². The van der Waals surface area contributed by atoms with Crippen molar-refractivity contribution in [1.82, 2.24) is 9.88 Å². The average molecular weight is 264 g/mol. The number of aliphatic hydroxyl groups is 1. The highest BCUT2D eigenvalue weighted by atomic mass is 16.5. The van der Waals surface area contributed by atoms with Crippen LogP contribution in [0.3, 0.4) is 0 Å². The van der Waals surface area contributed by atoms with Gasteiger partial charge in [-0.05, 0) is 24.1 Å². The van der Waals surface area contributed by atoms with Crippen LogP contribution >= 0.6 is 0 Å². The highest BCUT2D eigenvalue weighted by molar-refractivity contribution is 5.70. The Morgan fingerprint density at radius 2 is 2.32 bits per heavy atom. The molecular weight excluding hydrogens is 248 g/mol. The second kappa shape index (κ2) is 5.71. The number of methoxy groups -OCH3 is 1. The lowest BCUT2D eigenvalue weighted by atomic mass is 10.0. The molecule has 0 radical (unpaired) electrons. The molecular formula is C13H16N2O4. The molecule has 0 spiro atoms. The molecule has 19 heavy (non-hydrogen) atoms. The first-order chi connectivity index (χ1) is 9.15. The van der Waals surface area contributed by atoms with E-state index in [-0.39, 0.29) is 6.61 Å². The van der Waals surface area contributed by atoms with Gasteiger partial charge in [0.2, 0.25) is 0 Å². The zero-order chi connectivity index (χ0) is 13.8. The van der Waals surface area contributed by atoms with Gasteiger partial charge in [0, 0.05) is 13.1 Å². The van der Waals surface area contributed by atoms with Crippen molar-refractivity contribution in [3.8, 4) is 5.75 Å². The van der Waals surface area contributed by atoms with Gasteiger partial charge in [-0.2, -0.15) is 0 Å². The third-order valence-corrected chi connectivity index (χ3v) is 3.11. The Balaban J connectivity index is 2.21. The lowest BCUT2D eigenvalue weighted by Crippen LogP contribution is -2.33. The summed E-state index contributed by atoms with van der Waals surface area (Å²) >= 11 is 0. The number of pyridine rings is 1. The molecule has 1 aromatic rings. The molecule has 0 atom stereocenters. The first-order valence-electron chi connectivity index (χ1n) is 5.97. The first-order valence-corrected chi connectivity index (χ1v) is 5.97. The zero-order valence-electron chi connectivity index (χ0n) is 10.7. The Morgan fingerprint density at radius 3 is 2.84 bits per heavy atom. The summed E-state index contributed by atoms with van der Waals surface area (Å²) in [5, 5.41) is 18.1. The molecule has 6 nitrogen and oxygen atoms in total. The van der Waals surface area contributed by atoms with E-state index >= 15 is 0 Å². The molecule has 102 valence electrons. The van der Waals surface area contributed by atoms with Crippen LogP contribution in [0.25, 0.3) is 5.57 Å². The number of ether oxygens (including phenoxy) is 1. The summed E-state index contributed by atoms with van der Waals surface area (Å²) in [4.78, 5) is 16.5. The summed E-state index contributed by atoms with van der Waals surface area (Å²) in [5.74, 6) is 0.551. The highest BCUT2D eigenvalue weighted by Gasteiger charge is 2.18. The largest absolute Gasteiger partial charge is 0.495 e. The molecule has 2 rings (SSSR count). The third-order valence-electron chi connectivity index (χ3n) is 3.11. The van der Waals surface area contributed by atoms with Crippen LogP contribution in [0.1, 0.15) is 17.8 Å². The summed E-state index contributed by atoms with van der Waals surface area (Å²) in [6, 6.07) is 3.58. The third kappa shape index (κ3) is 2.85. The van der Waals surface area contributed by atoms with Crippen LogP contribution in [0, 0.1) is 0 Å². The van der Waals surface area contributed by atoms with Crippen LogP contribution in [-0.4, -0.2) is 46.4 Å². The van der Waals surface area contributed by atoms with E-state index in [4.69, 9.17) is 9.84 Å². The van der Waals surface area contributed by atoms with Gasteiger partial charge in [0.05, 0.1) is 19.4 Å². The lowest BCUT2D eigenvalue weighted by Gasteiger charge is -2.23. The van der Waals surface area contributed by atoms with E-state index in [0.29, 0.717) is 31.0 Å². The SMILES string of the molecule is COc1ccc(C2=CCN(C(=O)O)CC2)nc1CO. The van der Waals surface area contributed by atoms with Crippen LogP contribution < -0.4 is 4.74 Å². The number of amides is 1. The van der Waals surface area contributed by atoms with Crippen molar-refractivity contribution in [1.29, 1.82) is 0 Å².